The maximum Gasteiger partial charge on any atom is 0.317 e. The van der Waals surface area contributed by atoms with Crippen LogP contribution in [0.1, 0.15) is 165 Å². The fraction of sp³-hybridized carbons (Fsp3) is 0.825. The molecule has 1 saturated heterocycles. The van der Waals surface area contributed by atoms with E-state index >= 15 is 0 Å². The number of nitrogens with two attached hydrogens (primary N) is 2. The van der Waals surface area contributed by atoms with Gasteiger partial charge in [-0.05, 0) is 102 Å². The Morgan fingerprint density at radius 3 is 2.09 bits per heavy atom. The summed E-state index contributed by atoms with van der Waals surface area (Å²) >= 11 is 0. The van der Waals surface area contributed by atoms with E-state index in [1.807, 2.05) is 26.8 Å². The summed E-state index contributed by atoms with van der Waals surface area (Å²) < 4.78 is 17.6. The molecule has 1 fully saturated rings. The van der Waals surface area contributed by atoms with E-state index in [2.05, 4.69) is 11.1 Å². The van der Waals surface area contributed by atoms with Crippen LogP contribution in [0.4, 0.5) is 0 Å². The number of carboxylic acids is 1. The van der Waals surface area contributed by atoms with Crippen LogP contribution in [0.5, 0.6) is 0 Å². The molecule has 21 nitrogen and oxygen atoms in total. The van der Waals surface area contributed by atoms with Crippen LogP contribution < -0.4 is 11.5 Å². The maximum absolute atomic E-state index is 13.9. The largest absolute Gasteiger partial charge is 0.481 e. The summed E-state index contributed by atoms with van der Waals surface area (Å²) in [5.74, 6) is -9.88. The second-order valence-electron chi connectivity index (χ2n) is 23.2. The van der Waals surface area contributed by atoms with E-state index < -0.39 is 145 Å². The van der Waals surface area contributed by atoms with E-state index in [-0.39, 0.29) is 62.7 Å². The summed E-state index contributed by atoms with van der Waals surface area (Å²) in [6.45, 7) is 16.3. The number of unbranched alkanes of at least 4 members (excludes halogenated alkanes) is 3. The number of hydrogen-bond acceptors (Lipinski definition) is 18. The molecule has 2 rings (SSSR count). The van der Waals surface area contributed by atoms with Crippen LogP contribution in [0, 0.1) is 41.4 Å². The highest BCUT2D eigenvalue weighted by Gasteiger charge is 2.50. The zero-order chi connectivity index (χ0) is 59.2. The topological polar surface area (TPSA) is 386 Å². The van der Waals surface area contributed by atoms with Gasteiger partial charge in [-0.15, -0.1) is 0 Å². The third kappa shape index (κ3) is 24.6. The Morgan fingerprint density at radius 2 is 1.45 bits per heavy atom. The highest BCUT2D eigenvalue weighted by atomic mass is 16.7. The first-order chi connectivity index (χ1) is 36.4. The summed E-state index contributed by atoms with van der Waals surface area (Å²) in [4.78, 5) is 41.9. The molecule has 0 aromatic carbocycles. The average Bonchev–Trinajstić information content (AvgIpc) is 3.35. The minimum absolute atomic E-state index is 0.0662. The fourth-order valence-corrected chi connectivity index (χ4v) is 10.4. The number of carbonyl (C=O) groups excluding carboxylic acids is 2. The Balaban J connectivity index is 2.48. The van der Waals surface area contributed by atoms with Crippen LogP contribution in [0.3, 0.4) is 0 Å². The van der Waals surface area contributed by atoms with Crippen molar-refractivity contribution in [3.8, 4) is 0 Å². The number of carbonyl (C=O) groups is 3. The van der Waals surface area contributed by atoms with E-state index in [4.69, 9.17) is 25.7 Å². The van der Waals surface area contributed by atoms with Crippen molar-refractivity contribution in [2.24, 2.45) is 57.9 Å². The van der Waals surface area contributed by atoms with Crippen molar-refractivity contribution < 1.29 is 89.9 Å². The van der Waals surface area contributed by atoms with Gasteiger partial charge in [0.05, 0.1) is 67.0 Å². The van der Waals surface area contributed by atoms with Crippen molar-refractivity contribution >= 4 is 23.9 Å². The number of nitrogens with zero attached hydrogens (tertiary/aromatic N) is 1. The first kappa shape index (κ1) is 70.5. The zero-order valence-corrected chi connectivity index (χ0v) is 47.8. The second kappa shape index (κ2) is 34.6. The van der Waals surface area contributed by atoms with Gasteiger partial charge in [-0.1, -0.05) is 77.8 Å². The van der Waals surface area contributed by atoms with E-state index in [0.29, 0.717) is 31.4 Å². The van der Waals surface area contributed by atoms with Gasteiger partial charge in [-0.25, -0.2) is 0 Å². The third-order valence-electron chi connectivity index (χ3n) is 16.1. The van der Waals surface area contributed by atoms with Gasteiger partial charge in [0.1, 0.15) is 24.7 Å². The summed E-state index contributed by atoms with van der Waals surface area (Å²) in [6, 6.07) is 0. The minimum Gasteiger partial charge on any atom is -0.481 e. The molecule has 0 aliphatic carbocycles. The lowest BCUT2D eigenvalue weighted by Crippen LogP contribution is -2.60. The number of aliphatic hydroxyl groups excluding tert-OH is 10. The molecule has 21 unspecified atom stereocenters. The van der Waals surface area contributed by atoms with Crippen molar-refractivity contribution in [1.29, 1.82) is 0 Å². The van der Waals surface area contributed by atoms with Crippen LogP contribution in [0.25, 0.3) is 0 Å². The molecule has 0 aromatic rings. The Morgan fingerprint density at radius 1 is 0.795 bits per heavy atom. The number of aliphatic carboxylic acids is 1. The van der Waals surface area contributed by atoms with Crippen molar-refractivity contribution in [3.63, 3.8) is 0 Å². The molecule has 0 spiro atoms. The molecule has 452 valence electrons. The Kier molecular flexibility index (Phi) is 31.3. The molecule has 2 bridgehead atoms. The van der Waals surface area contributed by atoms with Crippen LogP contribution in [-0.4, -0.2) is 177 Å². The van der Waals surface area contributed by atoms with E-state index in [9.17, 15) is 75.7 Å². The van der Waals surface area contributed by atoms with Gasteiger partial charge in [0.2, 0.25) is 0 Å². The lowest BCUT2D eigenvalue weighted by atomic mass is 9.83. The standard InChI is InChI=1S/C57H101N3O18/c1-31(15-12-10-11-13-22-60-56(58)59)23-36(6)53-35(5)17-14-16-34(4)52(72)38(8)46(65)25-40(61)24-41(76-51(71)29-50(69)70)26-42-27-48(67)54(73)57(75,78-42)30-49(68)33(3)19-20-43(62)37(7)47(66)28-45(64)32(2)18-21-44(63)39(9)55(74)77-53/h15-16,18,21,32-33,35-49,52-54,61-68,72-73,75H,10-14,17,19-20,22-30H2,1-9H3,(H,69,70)(H4,58,59,60). The highest BCUT2D eigenvalue weighted by molar-refractivity contribution is 5.90. The second-order valence-corrected chi connectivity index (χ2v) is 23.2. The maximum atomic E-state index is 13.9. The highest BCUT2D eigenvalue weighted by Crippen LogP contribution is 2.37. The van der Waals surface area contributed by atoms with Crippen molar-refractivity contribution in [2.45, 2.75) is 250 Å². The number of ether oxygens (including phenoxy) is 3. The van der Waals surface area contributed by atoms with Crippen LogP contribution >= 0.6 is 0 Å². The lowest BCUT2D eigenvalue weighted by Gasteiger charge is -2.45. The fourth-order valence-electron chi connectivity index (χ4n) is 10.4. The Bertz CT molecular complexity index is 1920. The number of allylic oxidation sites excluding steroid dienone is 3. The van der Waals surface area contributed by atoms with Crippen LogP contribution in [-0.2, 0) is 28.6 Å². The molecule has 78 heavy (non-hydrogen) atoms. The summed E-state index contributed by atoms with van der Waals surface area (Å²) in [5.41, 5.74) is 12.5. The van der Waals surface area contributed by atoms with Gasteiger partial charge in [0.25, 0.3) is 0 Å². The van der Waals surface area contributed by atoms with Gasteiger partial charge in [-0.2, -0.15) is 0 Å². The molecule has 0 amide bonds. The molecule has 21 atom stereocenters. The van der Waals surface area contributed by atoms with Gasteiger partial charge < -0.3 is 87.0 Å². The van der Waals surface area contributed by atoms with Crippen LogP contribution in [0.2, 0.25) is 0 Å². The molecule has 2 aliphatic heterocycles. The molecule has 2 aliphatic rings. The SMILES string of the molecule is CC(=CCCCCCN=C(N)N)CC(C)C1OC(=O)C(C)C(O)C=CC(C)C(O)CC(O)C(C)C(O)CCC(C)C(O)CC2(O)OC(CC(OC(=O)CC(=O)O)CC(O)CC(O)C(C)C(O)C(C)=CCCC1C)CC(O)C2O. The smallest absolute Gasteiger partial charge is 0.317 e. The number of guanidine groups is 1. The van der Waals surface area contributed by atoms with Gasteiger partial charge >= 0.3 is 17.9 Å². The zero-order valence-electron chi connectivity index (χ0n) is 47.8. The third-order valence-corrected chi connectivity index (χ3v) is 16.1. The molecular weight excluding hydrogens is 1010 g/mol. The summed E-state index contributed by atoms with van der Waals surface area (Å²) in [6.07, 6.45) is -7.11. The Labute approximate surface area is 462 Å². The number of rotatable bonds is 12. The monoisotopic (exact) mass is 1120 g/mol. The minimum atomic E-state index is -2.54. The van der Waals surface area contributed by atoms with Crippen molar-refractivity contribution in [2.75, 3.05) is 6.54 Å². The molecule has 2 heterocycles. The van der Waals surface area contributed by atoms with E-state index in [1.54, 1.807) is 47.6 Å². The predicted molar refractivity (Wildman–Crippen MR) is 293 cm³/mol. The normalized spacial score (nSPS) is 38.2. The summed E-state index contributed by atoms with van der Waals surface area (Å²) in [7, 11) is 0. The van der Waals surface area contributed by atoms with E-state index in [1.165, 1.54) is 6.08 Å². The Hall–Kier alpha value is -3.58. The molecule has 0 saturated carbocycles. The summed E-state index contributed by atoms with van der Waals surface area (Å²) in [5, 5.41) is 133. The van der Waals surface area contributed by atoms with Gasteiger partial charge in [0, 0.05) is 56.4 Å². The molecular formula is C57H101N3O18. The van der Waals surface area contributed by atoms with E-state index in [0.717, 1.165) is 31.3 Å². The lowest BCUT2D eigenvalue weighted by molar-refractivity contribution is -0.333. The number of cyclic esters (lactones) is 1. The first-order valence-corrected chi connectivity index (χ1v) is 28.3. The average molecular weight is 1120 g/mol. The number of esters is 2. The van der Waals surface area contributed by atoms with Crippen molar-refractivity contribution in [3.05, 3.63) is 35.5 Å². The quantitative estimate of drug-likeness (QED) is 0.0333. The molecule has 16 N–H and O–H groups in total. The number of hydrogen-bond donors (Lipinski definition) is 14. The van der Waals surface area contributed by atoms with Gasteiger partial charge in [-0.3, -0.25) is 19.4 Å². The molecule has 0 radical (unpaired) electrons. The molecule has 21 heteroatoms. The number of aliphatic imine (C=N–C) groups is 1. The first-order valence-electron chi connectivity index (χ1n) is 28.3. The predicted octanol–water partition coefficient (Wildman–Crippen LogP) is 3.02. The number of aliphatic hydroxyl groups is 11. The molecule has 0 aromatic heterocycles. The van der Waals surface area contributed by atoms with Gasteiger partial charge in [0.15, 0.2) is 11.7 Å². The number of carboxylic acid groups (broad SMARTS) is 1. The van der Waals surface area contributed by atoms with Crippen molar-refractivity contribution in [1.82, 2.24) is 0 Å². The number of fused-ring (bicyclic) bond motifs is 2. The van der Waals surface area contributed by atoms with Crippen LogP contribution in [0.15, 0.2) is 40.4 Å².